The SMILES string of the molecule is COc1ccc(-c2c(-c3ccc(C#N)cc3)nc(NCC3CCNCC3)n(C)c2=O)cc1. The zero-order chi connectivity index (χ0) is 22.5. The predicted octanol–water partition coefficient (Wildman–Crippen LogP) is 3.41. The molecule has 32 heavy (non-hydrogen) atoms. The van der Waals surface area contributed by atoms with Gasteiger partial charge in [0.25, 0.3) is 5.56 Å². The molecule has 7 nitrogen and oxygen atoms in total. The molecule has 1 saturated heterocycles. The molecule has 0 unspecified atom stereocenters. The van der Waals surface area contributed by atoms with Crippen LogP contribution in [0.5, 0.6) is 5.75 Å². The summed E-state index contributed by atoms with van der Waals surface area (Å²) in [7, 11) is 3.36. The second kappa shape index (κ2) is 9.67. The summed E-state index contributed by atoms with van der Waals surface area (Å²) in [5.74, 6) is 1.82. The van der Waals surface area contributed by atoms with Crippen molar-refractivity contribution in [3.8, 4) is 34.2 Å². The summed E-state index contributed by atoms with van der Waals surface area (Å²) in [5, 5.41) is 15.9. The quantitative estimate of drug-likeness (QED) is 0.624. The molecular formula is C25H27N5O2. The van der Waals surface area contributed by atoms with Crippen molar-refractivity contribution >= 4 is 5.95 Å². The number of aromatic nitrogens is 2. The molecule has 164 valence electrons. The Hall–Kier alpha value is -3.63. The van der Waals surface area contributed by atoms with Crippen molar-refractivity contribution in [3.63, 3.8) is 0 Å². The Labute approximate surface area is 187 Å². The molecule has 0 saturated carbocycles. The van der Waals surface area contributed by atoms with Gasteiger partial charge < -0.3 is 15.4 Å². The van der Waals surface area contributed by atoms with Crippen LogP contribution >= 0.6 is 0 Å². The van der Waals surface area contributed by atoms with Gasteiger partial charge in [0.15, 0.2) is 0 Å². The molecule has 0 spiro atoms. The van der Waals surface area contributed by atoms with Gasteiger partial charge in [0.05, 0.1) is 30.0 Å². The molecule has 2 N–H and O–H groups in total. The zero-order valence-corrected chi connectivity index (χ0v) is 18.4. The molecule has 0 atom stereocenters. The van der Waals surface area contributed by atoms with Crippen molar-refractivity contribution < 1.29 is 4.74 Å². The second-order valence-electron chi connectivity index (χ2n) is 8.02. The van der Waals surface area contributed by atoms with Crippen molar-refractivity contribution in [1.82, 2.24) is 14.9 Å². The molecule has 2 aromatic carbocycles. The smallest absolute Gasteiger partial charge is 0.263 e. The number of rotatable bonds is 6. The number of nitrogens with one attached hydrogen (secondary N) is 2. The van der Waals surface area contributed by atoms with Crippen molar-refractivity contribution in [2.75, 3.05) is 32.1 Å². The average molecular weight is 430 g/mol. The molecule has 1 aliphatic rings. The van der Waals surface area contributed by atoms with E-state index in [2.05, 4.69) is 16.7 Å². The topological polar surface area (TPSA) is 92.0 Å². The van der Waals surface area contributed by atoms with E-state index in [0.717, 1.165) is 49.4 Å². The van der Waals surface area contributed by atoms with Gasteiger partial charge in [-0.3, -0.25) is 9.36 Å². The van der Waals surface area contributed by atoms with Crippen LogP contribution in [0.1, 0.15) is 18.4 Å². The fourth-order valence-corrected chi connectivity index (χ4v) is 4.01. The normalized spacial score (nSPS) is 14.0. The van der Waals surface area contributed by atoms with Crippen LogP contribution in [0.3, 0.4) is 0 Å². The third kappa shape index (κ3) is 4.51. The van der Waals surface area contributed by atoms with Crippen molar-refractivity contribution in [3.05, 3.63) is 64.4 Å². The zero-order valence-electron chi connectivity index (χ0n) is 18.4. The van der Waals surface area contributed by atoms with Crippen molar-refractivity contribution in [2.24, 2.45) is 13.0 Å². The molecule has 4 rings (SSSR count). The van der Waals surface area contributed by atoms with E-state index in [9.17, 15) is 4.79 Å². The number of methoxy groups -OCH3 is 1. The molecule has 0 aliphatic carbocycles. The maximum atomic E-state index is 13.5. The lowest BCUT2D eigenvalue weighted by atomic mass is 9.98. The number of anilines is 1. The van der Waals surface area contributed by atoms with E-state index in [-0.39, 0.29) is 5.56 Å². The molecule has 0 radical (unpaired) electrons. The largest absolute Gasteiger partial charge is 0.497 e. The lowest BCUT2D eigenvalue weighted by Crippen LogP contribution is -2.32. The van der Waals surface area contributed by atoms with Crippen LogP contribution in [0, 0.1) is 17.2 Å². The minimum absolute atomic E-state index is 0.127. The van der Waals surface area contributed by atoms with Crippen LogP contribution in [0.15, 0.2) is 53.3 Å². The van der Waals surface area contributed by atoms with Gasteiger partial charge in [-0.1, -0.05) is 24.3 Å². The Balaban J connectivity index is 1.79. The number of hydrogen-bond donors (Lipinski definition) is 2. The van der Waals surface area contributed by atoms with E-state index >= 15 is 0 Å². The van der Waals surface area contributed by atoms with Crippen LogP contribution in [0.25, 0.3) is 22.4 Å². The van der Waals surface area contributed by atoms with Gasteiger partial charge in [0.1, 0.15) is 5.75 Å². The number of hydrogen-bond acceptors (Lipinski definition) is 6. The molecule has 1 aromatic heterocycles. The minimum Gasteiger partial charge on any atom is -0.497 e. The second-order valence-corrected chi connectivity index (χ2v) is 8.02. The molecule has 2 heterocycles. The Bertz CT molecular complexity index is 1170. The van der Waals surface area contributed by atoms with E-state index in [1.54, 1.807) is 30.9 Å². The van der Waals surface area contributed by atoms with Gasteiger partial charge >= 0.3 is 0 Å². The van der Waals surface area contributed by atoms with E-state index in [0.29, 0.717) is 28.7 Å². The van der Waals surface area contributed by atoms with Crippen LogP contribution in [0.4, 0.5) is 5.95 Å². The molecule has 0 bridgehead atoms. The van der Waals surface area contributed by atoms with Crippen LogP contribution in [-0.2, 0) is 7.05 Å². The maximum Gasteiger partial charge on any atom is 0.263 e. The number of nitrogens with zero attached hydrogens (tertiary/aromatic N) is 3. The predicted molar refractivity (Wildman–Crippen MR) is 126 cm³/mol. The standard InChI is InChI=1S/C25H27N5O2/c1-30-24(31)22(19-7-9-21(32-2)10-8-19)23(20-5-3-17(15-26)4-6-20)29-25(30)28-16-18-11-13-27-14-12-18/h3-10,18,27H,11-14,16H2,1-2H3,(H,28,29). The summed E-state index contributed by atoms with van der Waals surface area (Å²) in [6.07, 6.45) is 2.21. The first-order chi connectivity index (χ1) is 15.6. The summed E-state index contributed by atoms with van der Waals surface area (Å²) in [5.41, 5.74) is 3.11. The Morgan fingerprint density at radius 1 is 1.12 bits per heavy atom. The lowest BCUT2D eigenvalue weighted by molar-refractivity contribution is 0.389. The Morgan fingerprint density at radius 2 is 1.78 bits per heavy atom. The first kappa shape index (κ1) is 21.6. The highest BCUT2D eigenvalue weighted by molar-refractivity contribution is 5.81. The van der Waals surface area contributed by atoms with E-state index < -0.39 is 0 Å². The first-order valence-electron chi connectivity index (χ1n) is 10.8. The van der Waals surface area contributed by atoms with Crippen molar-refractivity contribution in [2.45, 2.75) is 12.8 Å². The highest BCUT2D eigenvalue weighted by Gasteiger charge is 2.19. The molecular weight excluding hydrogens is 402 g/mol. The van der Waals surface area contributed by atoms with Gasteiger partial charge in [-0.25, -0.2) is 4.98 Å². The summed E-state index contributed by atoms with van der Waals surface area (Å²) in [6.45, 7) is 2.81. The highest BCUT2D eigenvalue weighted by Crippen LogP contribution is 2.30. The number of benzene rings is 2. The molecule has 7 heteroatoms. The fourth-order valence-electron chi connectivity index (χ4n) is 4.01. The summed E-state index contributed by atoms with van der Waals surface area (Å²) < 4.78 is 6.84. The molecule has 1 aliphatic heterocycles. The maximum absolute atomic E-state index is 13.5. The minimum atomic E-state index is -0.127. The van der Waals surface area contributed by atoms with E-state index in [1.807, 2.05) is 36.4 Å². The van der Waals surface area contributed by atoms with Gasteiger partial charge in [-0.05, 0) is 61.7 Å². The molecule has 1 fully saturated rings. The third-order valence-electron chi connectivity index (χ3n) is 5.96. The number of ether oxygens (including phenoxy) is 1. The third-order valence-corrected chi connectivity index (χ3v) is 5.96. The lowest BCUT2D eigenvalue weighted by Gasteiger charge is -2.24. The summed E-state index contributed by atoms with van der Waals surface area (Å²) in [6, 6.07) is 16.7. The van der Waals surface area contributed by atoms with E-state index in [4.69, 9.17) is 15.0 Å². The van der Waals surface area contributed by atoms with Crippen LogP contribution in [-0.4, -0.2) is 36.3 Å². The first-order valence-corrected chi connectivity index (χ1v) is 10.8. The average Bonchev–Trinajstić information content (AvgIpc) is 2.85. The van der Waals surface area contributed by atoms with Crippen molar-refractivity contribution in [1.29, 1.82) is 5.26 Å². The fraction of sp³-hybridized carbons (Fsp3) is 0.320. The monoisotopic (exact) mass is 429 g/mol. The van der Waals surface area contributed by atoms with E-state index in [1.165, 1.54) is 0 Å². The van der Waals surface area contributed by atoms with Gasteiger partial charge in [-0.15, -0.1) is 0 Å². The van der Waals surface area contributed by atoms with Gasteiger partial charge in [0.2, 0.25) is 5.95 Å². The van der Waals surface area contributed by atoms with Gasteiger partial charge in [-0.2, -0.15) is 5.26 Å². The number of nitriles is 1. The van der Waals surface area contributed by atoms with Crippen LogP contribution in [0.2, 0.25) is 0 Å². The molecule has 3 aromatic rings. The number of piperidine rings is 1. The highest BCUT2D eigenvalue weighted by atomic mass is 16.5. The van der Waals surface area contributed by atoms with Gasteiger partial charge in [0, 0.05) is 19.2 Å². The Morgan fingerprint density at radius 3 is 2.41 bits per heavy atom. The molecule has 0 amide bonds. The van der Waals surface area contributed by atoms with Crippen LogP contribution < -0.4 is 20.9 Å². The Kier molecular flexibility index (Phi) is 6.52. The summed E-state index contributed by atoms with van der Waals surface area (Å²) >= 11 is 0. The summed E-state index contributed by atoms with van der Waals surface area (Å²) in [4.78, 5) is 18.4.